The van der Waals surface area contributed by atoms with E-state index in [2.05, 4.69) is 23.8 Å². The number of nitrogens with zero attached hydrogens (tertiary/aromatic N) is 3. The highest BCUT2D eigenvalue weighted by molar-refractivity contribution is 6.01. The van der Waals surface area contributed by atoms with E-state index >= 15 is 0 Å². The second-order valence-electron chi connectivity index (χ2n) is 7.64. The number of hydrazone groups is 1. The van der Waals surface area contributed by atoms with Gasteiger partial charge < -0.3 is 8.83 Å². The van der Waals surface area contributed by atoms with Crippen molar-refractivity contribution in [2.45, 2.75) is 32.7 Å². The second-order valence-corrected chi connectivity index (χ2v) is 7.64. The van der Waals surface area contributed by atoms with Crippen LogP contribution in [-0.2, 0) is 4.79 Å². The van der Waals surface area contributed by atoms with Crippen molar-refractivity contribution >= 4 is 11.6 Å². The predicted octanol–water partition coefficient (Wildman–Crippen LogP) is 3.53. The standard InChI is InChI=1S/C20H25N3O3/c1-14-9-15(2)12-22(11-14)13-20(24)23-17(19-6-4-8-26-19)10-16(21-23)18-5-3-7-25-18/h3-8,14-15,17H,9-13H2,1-2H3. The minimum absolute atomic E-state index is 0.00857. The summed E-state index contributed by atoms with van der Waals surface area (Å²) in [6, 6.07) is 7.24. The molecule has 0 spiro atoms. The molecule has 6 heteroatoms. The Bertz CT molecular complexity index is 756. The lowest BCUT2D eigenvalue weighted by molar-refractivity contribution is -0.135. The van der Waals surface area contributed by atoms with Crippen LogP contribution in [0.25, 0.3) is 0 Å². The highest BCUT2D eigenvalue weighted by Crippen LogP contribution is 2.33. The SMILES string of the molecule is CC1CC(C)CN(CC(=O)N2N=C(c3ccco3)CC2c2ccco2)C1. The van der Waals surface area contributed by atoms with E-state index in [9.17, 15) is 4.79 Å². The molecule has 3 atom stereocenters. The van der Waals surface area contributed by atoms with Crippen molar-refractivity contribution in [2.24, 2.45) is 16.9 Å². The fraction of sp³-hybridized carbons (Fsp3) is 0.500. The van der Waals surface area contributed by atoms with Gasteiger partial charge in [0.25, 0.3) is 5.91 Å². The van der Waals surface area contributed by atoms with Gasteiger partial charge in [0, 0.05) is 19.5 Å². The molecule has 3 unspecified atom stereocenters. The fourth-order valence-electron chi connectivity index (χ4n) is 4.22. The van der Waals surface area contributed by atoms with Crippen molar-refractivity contribution in [1.29, 1.82) is 0 Å². The van der Waals surface area contributed by atoms with Gasteiger partial charge >= 0.3 is 0 Å². The zero-order valence-electron chi connectivity index (χ0n) is 15.3. The van der Waals surface area contributed by atoms with E-state index in [1.54, 1.807) is 17.5 Å². The molecule has 0 aromatic carbocycles. The molecule has 2 aromatic rings. The van der Waals surface area contributed by atoms with Crippen LogP contribution in [0.15, 0.2) is 50.7 Å². The fourth-order valence-corrected chi connectivity index (χ4v) is 4.22. The largest absolute Gasteiger partial charge is 0.467 e. The monoisotopic (exact) mass is 355 g/mol. The van der Waals surface area contributed by atoms with Crippen molar-refractivity contribution in [3.8, 4) is 0 Å². The lowest BCUT2D eigenvalue weighted by Crippen LogP contribution is -2.44. The number of hydrogen-bond donors (Lipinski definition) is 0. The minimum Gasteiger partial charge on any atom is -0.467 e. The molecule has 2 aliphatic heterocycles. The van der Waals surface area contributed by atoms with Crippen LogP contribution in [-0.4, -0.2) is 41.2 Å². The summed E-state index contributed by atoms with van der Waals surface area (Å²) in [4.78, 5) is 15.3. The van der Waals surface area contributed by atoms with Gasteiger partial charge in [-0.2, -0.15) is 5.10 Å². The van der Waals surface area contributed by atoms with Crippen LogP contribution < -0.4 is 0 Å². The van der Waals surface area contributed by atoms with Crippen molar-refractivity contribution in [3.63, 3.8) is 0 Å². The Morgan fingerprint density at radius 3 is 2.54 bits per heavy atom. The quantitative estimate of drug-likeness (QED) is 0.842. The van der Waals surface area contributed by atoms with Crippen LogP contribution in [0, 0.1) is 11.8 Å². The first-order chi connectivity index (χ1) is 12.6. The molecule has 6 nitrogen and oxygen atoms in total. The number of furan rings is 2. The molecule has 4 heterocycles. The summed E-state index contributed by atoms with van der Waals surface area (Å²) in [6.07, 6.45) is 5.08. The summed E-state index contributed by atoms with van der Waals surface area (Å²) in [5.41, 5.74) is 0.783. The van der Waals surface area contributed by atoms with Gasteiger partial charge in [-0.1, -0.05) is 13.8 Å². The number of carbonyl (C=O) groups is 1. The molecular weight excluding hydrogens is 330 g/mol. The Morgan fingerprint density at radius 2 is 1.88 bits per heavy atom. The summed E-state index contributed by atoms with van der Waals surface area (Å²) in [6.45, 7) is 6.82. The van der Waals surface area contributed by atoms with E-state index in [-0.39, 0.29) is 11.9 Å². The first kappa shape index (κ1) is 17.1. The van der Waals surface area contributed by atoms with Crippen LogP contribution in [0.4, 0.5) is 0 Å². The topological polar surface area (TPSA) is 62.2 Å². The number of hydrogen-bond acceptors (Lipinski definition) is 5. The van der Waals surface area contributed by atoms with Gasteiger partial charge in [-0.25, -0.2) is 5.01 Å². The zero-order valence-corrected chi connectivity index (χ0v) is 15.3. The van der Waals surface area contributed by atoms with Crippen molar-refractivity contribution in [2.75, 3.05) is 19.6 Å². The van der Waals surface area contributed by atoms with E-state index in [4.69, 9.17) is 8.83 Å². The van der Waals surface area contributed by atoms with E-state index in [1.165, 1.54) is 6.42 Å². The molecule has 0 saturated carbocycles. The average molecular weight is 355 g/mol. The maximum absolute atomic E-state index is 13.1. The molecule has 138 valence electrons. The summed E-state index contributed by atoms with van der Waals surface area (Å²) >= 11 is 0. The zero-order chi connectivity index (χ0) is 18.1. The Kier molecular flexibility index (Phi) is 4.68. The molecule has 2 aliphatic rings. The Labute approximate surface area is 153 Å². The highest BCUT2D eigenvalue weighted by atomic mass is 16.3. The van der Waals surface area contributed by atoms with Crippen LogP contribution in [0.5, 0.6) is 0 Å². The summed E-state index contributed by atoms with van der Waals surface area (Å²) in [5, 5.41) is 6.18. The second kappa shape index (κ2) is 7.11. The molecule has 0 bridgehead atoms. The Balaban J connectivity index is 1.53. The average Bonchev–Trinajstić information content (AvgIpc) is 3.33. The minimum atomic E-state index is -0.211. The molecule has 26 heavy (non-hydrogen) atoms. The number of rotatable bonds is 4. The van der Waals surface area contributed by atoms with Crippen LogP contribution in [0.3, 0.4) is 0 Å². The molecule has 2 aromatic heterocycles. The number of likely N-dealkylation sites (tertiary alicyclic amines) is 1. The van der Waals surface area contributed by atoms with Gasteiger partial charge in [-0.3, -0.25) is 9.69 Å². The van der Waals surface area contributed by atoms with Gasteiger partial charge in [0.1, 0.15) is 23.3 Å². The molecular formula is C20H25N3O3. The smallest absolute Gasteiger partial charge is 0.257 e. The molecule has 0 radical (unpaired) electrons. The molecule has 0 aliphatic carbocycles. The first-order valence-corrected chi connectivity index (χ1v) is 9.29. The Hall–Kier alpha value is -2.34. The van der Waals surface area contributed by atoms with Crippen molar-refractivity contribution in [3.05, 3.63) is 48.3 Å². The van der Waals surface area contributed by atoms with Crippen LogP contribution in [0.1, 0.15) is 44.3 Å². The highest BCUT2D eigenvalue weighted by Gasteiger charge is 2.36. The van der Waals surface area contributed by atoms with Gasteiger partial charge in [0.15, 0.2) is 0 Å². The summed E-state index contributed by atoms with van der Waals surface area (Å²) in [7, 11) is 0. The maximum atomic E-state index is 13.1. The van der Waals surface area contributed by atoms with E-state index < -0.39 is 0 Å². The third kappa shape index (κ3) is 3.46. The van der Waals surface area contributed by atoms with Gasteiger partial charge in [-0.05, 0) is 42.5 Å². The number of piperidine rings is 1. The predicted molar refractivity (Wildman–Crippen MR) is 97.5 cm³/mol. The third-order valence-electron chi connectivity index (χ3n) is 5.15. The van der Waals surface area contributed by atoms with Gasteiger partial charge in [0.05, 0.1) is 19.1 Å². The molecule has 4 rings (SSSR count). The lowest BCUT2D eigenvalue weighted by atomic mass is 9.92. The third-order valence-corrected chi connectivity index (χ3v) is 5.15. The van der Waals surface area contributed by atoms with Crippen molar-refractivity contribution < 1.29 is 13.6 Å². The first-order valence-electron chi connectivity index (χ1n) is 9.29. The molecule has 1 amide bonds. The van der Waals surface area contributed by atoms with E-state index in [0.717, 1.165) is 24.6 Å². The molecule has 1 fully saturated rings. The summed E-state index contributed by atoms with van der Waals surface area (Å²) in [5.74, 6) is 2.71. The van der Waals surface area contributed by atoms with E-state index in [1.807, 2.05) is 24.3 Å². The normalized spacial score (nSPS) is 26.9. The molecule has 1 saturated heterocycles. The Morgan fingerprint density at radius 1 is 1.15 bits per heavy atom. The summed E-state index contributed by atoms with van der Waals surface area (Å²) < 4.78 is 11.1. The van der Waals surface area contributed by atoms with Crippen molar-refractivity contribution in [1.82, 2.24) is 9.91 Å². The van der Waals surface area contributed by atoms with Crippen LogP contribution in [0.2, 0.25) is 0 Å². The van der Waals surface area contributed by atoms with Gasteiger partial charge in [0.2, 0.25) is 0 Å². The lowest BCUT2D eigenvalue weighted by Gasteiger charge is -2.35. The number of carbonyl (C=O) groups excluding carboxylic acids is 1. The van der Waals surface area contributed by atoms with Gasteiger partial charge in [-0.15, -0.1) is 0 Å². The molecule has 0 N–H and O–H groups in total. The van der Waals surface area contributed by atoms with E-state index in [0.29, 0.717) is 30.6 Å². The van der Waals surface area contributed by atoms with Crippen LogP contribution >= 0.6 is 0 Å². The maximum Gasteiger partial charge on any atom is 0.257 e. The number of amides is 1.